The molecule has 0 spiro atoms. The molecule has 2 aliphatic carbocycles. The van der Waals surface area contributed by atoms with Crippen molar-refractivity contribution in [2.45, 2.75) is 64.7 Å². The molecule has 182 valence electrons. The van der Waals surface area contributed by atoms with E-state index in [1.807, 2.05) is 25.4 Å². The van der Waals surface area contributed by atoms with Gasteiger partial charge in [0, 0.05) is 28.3 Å². The smallest absolute Gasteiger partial charge is 0.0650 e. The van der Waals surface area contributed by atoms with Crippen molar-refractivity contribution in [3.05, 3.63) is 105 Å². The van der Waals surface area contributed by atoms with E-state index in [4.69, 9.17) is 9.76 Å². The number of nitrogens with zero attached hydrogens (tertiary/aromatic N) is 1. The number of benzene rings is 1. The van der Waals surface area contributed by atoms with Gasteiger partial charge in [-0.1, -0.05) is 54.1 Å². The Balaban J connectivity index is 1.94. The lowest BCUT2D eigenvalue weighted by Crippen LogP contribution is -2.10. The molecule has 2 aliphatic rings. The van der Waals surface area contributed by atoms with E-state index in [1.165, 1.54) is 16.7 Å². The Labute approximate surface area is 213 Å². The Hall–Kier alpha value is -2.85. The van der Waals surface area contributed by atoms with E-state index in [0.717, 1.165) is 65.0 Å². The van der Waals surface area contributed by atoms with E-state index in [-0.39, 0.29) is 11.8 Å². The zero-order valence-corrected chi connectivity index (χ0v) is 22.3. The van der Waals surface area contributed by atoms with Crippen LogP contribution in [0.15, 0.2) is 77.4 Å². The first-order valence-electron chi connectivity index (χ1n) is 12.6. The molecule has 0 aliphatic heterocycles. The van der Waals surface area contributed by atoms with Crippen LogP contribution in [0.2, 0.25) is 0 Å². The minimum atomic E-state index is -0.522. The van der Waals surface area contributed by atoms with Crippen LogP contribution >= 0.6 is 0 Å². The molecule has 3 atom stereocenters. The van der Waals surface area contributed by atoms with Crippen molar-refractivity contribution in [3.63, 3.8) is 0 Å². The third-order valence-electron chi connectivity index (χ3n) is 7.45. The van der Waals surface area contributed by atoms with Crippen LogP contribution in [0.25, 0.3) is 5.57 Å². The SMILES string of the molecule is C=C(C)c1cc2c(cc1C)C(C)C(c1ccccn1)C\C(=C1/C=C\C(S(C)=N)=C/CCCC1)C2=N. The van der Waals surface area contributed by atoms with Gasteiger partial charge in [-0.3, -0.25) is 15.2 Å². The quantitative estimate of drug-likeness (QED) is 0.423. The summed E-state index contributed by atoms with van der Waals surface area (Å²) in [6.45, 7) is 10.7. The highest BCUT2D eigenvalue weighted by molar-refractivity contribution is 7.89. The molecule has 2 aromatic rings. The third kappa shape index (κ3) is 5.38. The van der Waals surface area contributed by atoms with Gasteiger partial charge in [0.05, 0.1) is 5.71 Å². The molecular formula is C31H37N3S. The standard InChI is InChI=1S/C31H37N3S/c1-20(2)25-18-29-26(17-21(25)3)22(4)27(30-13-9-10-16-34-30)19-28(31(29)32)23-11-7-6-8-12-24(15-14-23)35(5)33/h9-10,12-18,22,27,32-33H,1,6-8,11,19H2,2-5H3/b15-14-,24-12+,28-23+,32-31?. The van der Waals surface area contributed by atoms with Crippen LogP contribution in [0.1, 0.15) is 85.7 Å². The molecule has 4 heteroatoms. The van der Waals surface area contributed by atoms with Gasteiger partial charge in [-0.2, -0.15) is 0 Å². The van der Waals surface area contributed by atoms with Crippen LogP contribution < -0.4 is 0 Å². The summed E-state index contributed by atoms with van der Waals surface area (Å²) in [5, 5.41) is 9.48. The minimum Gasteiger partial charge on any atom is -0.300 e. The maximum absolute atomic E-state index is 9.48. The Morgan fingerprint density at radius 1 is 1.17 bits per heavy atom. The molecule has 0 amide bonds. The topological polar surface area (TPSA) is 60.6 Å². The summed E-state index contributed by atoms with van der Waals surface area (Å²) in [5.41, 5.74) is 9.75. The molecule has 0 radical (unpaired) electrons. The average Bonchev–Trinajstić information content (AvgIpc) is 2.91. The Morgan fingerprint density at radius 2 is 1.97 bits per heavy atom. The lowest BCUT2D eigenvalue weighted by atomic mass is 9.81. The summed E-state index contributed by atoms with van der Waals surface area (Å²) >= 11 is 0. The molecule has 1 aromatic carbocycles. The van der Waals surface area contributed by atoms with Crippen LogP contribution in [0.4, 0.5) is 0 Å². The summed E-state index contributed by atoms with van der Waals surface area (Å²) in [4.78, 5) is 5.86. The van der Waals surface area contributed by atoms with Crippen LogP contribution in [-0.4, -0.2) is 17.0 Å². The summed E-state index contributed by atoms with van der Waals surface area (Å²) in [6, 6.07) is 10.7. The summed E-state index contributed by atoms with van der Waals surface area (Å²) in [6.07, 6.45) is 15.4. The van der Waals surface area contributed by atoms with Gasteiger partial charge in [0.15, 0.2) is 0 Å². The van der Waals surface area contributed by atoms with Crippen molar-refractivity contribution in [2.24, 2.45) is 0 Å². The number of hydrogen-bond donors (Lipinski definition) is 2. The molecule has 0 bridgehead atoms. The number of hydrogen-bond acceptors (Lipinski definition) is 3. The van der Waals surface area contributed by atoms with Crippen molar-refractivity contribution >= 4 is 22.0 Å². The number of aromatic nitrogens is 1. The zero-order valence-electron chi connectivity index (χ0n) is 21.4. The molecule has 1 heterocycles. The predicted octanol–water partition coefficient (Wildman–Crippen LogP) is 8.40. The number of rotatable bonds is 3. The Kier molecular flexibility index (Phi) is 7.81. The van der Waals surface area contributed by atoms with Gasteiger partial charge < -0.3 is 0 Å². The lowest BCUT2D eigenvalue weighted by molar-refractivity contribution is 0.564. The van der Waals surface area contributed by atoms with Crippen molar-refractivity contribution in [2.75, 3.05) is 6.26 Å². The molecule has 3 nitrogen and oxygen atoms in total. The van der Waals surface area contributed by atoms with Gasteiger partial charge in [-0.25, -0.2) is 0 Å². The van der Waals surface area contributed by atoms with E-state index in [2.05, 4.69) is 62.9 Å². The number of allylic oxidation sites excluding steroid dienone is 6. The fraction of sp³-hybridized carbons (Fsp3) is 0.355. The summed E-state index contributed by atoms with van der Waals surface area (Å²) in [7, 11) is -0.522. The fourth-order valence-corrected chi connectivity index (χ4v) is 6.07. The van der Waals surface area contributed by atoms with Crippen molar-refractivity contribution in [1.29, 1.82) is 10.2 Å². The Morgan fingerprint density at radius 3 is 2.66 bits per heavy atom. The first-order valence-corrected chi connectivity index (χ1v) is 14.2. The predicted molar refractivity (Wildman–Crippen MR) is 151 cm³/mol. The van der Waals surface area contributed by atoms with Crippen LogP contribution in [0.3, 0.4) is 0 Å². The van der Waals surface area contributed by atoms with Crippen LogP contribution in [0, 0.1) is 17.1 Å². The molecule has 2 N–H and O–H groups in total. The summed E-state index contributed by atoms with van der Waals surface area (Å²) in [5.74, 6) is 0.435. The second kappa shape index (κ2) is 10.8. The average molecular weight is 484 g/mol. The fourth-order valence-electron chi connectivity index (χ4n) is 5.43. The Bertz CT molecular complexity index is 1260. The van der Waals surface area contributed by atoms with Gasteiger partial charge in [-0.15, -0.1) is 0 Å². The first-order chi connectivity index (χ1) is 16.8. The second-order valence-electron chi connectivity index (χ2n) is 9.96. The molecule has 35 heavy (non-hydrogen) atoms. The number of aryl methyl sites for hydroxylation is 1. The van der Waals surface area contributed by atoms with Gasteiger partial charge in [0.1, 0.15) is 0 Å². The van der Waals surface area contributed by atoms with Gasteiger partial charge >= 0.3 is 0 Å². The maximum Gasteiger partial charge on any atom is 0.0650 e. The number of pyridine rings is 1. The second-order valence-corrected chi connectivity index (χ2v) is 11.5. The van der Waals surface area contributed by atoms with Crippen molar-refractivity contribution < 1.29 is 0 Å². The minimum absolute atomic E-state index is 0.198. The van der Waals surface area contributed by atoms with E-state index >= 15 is 0 Å². The monoisotopic (exact) mass is 483 g/mol. The molecule has 4 rings (SSSR count). The van der Waals surface area contributed by atoms with Crippen molar-refractivity contribution in [3.8, 4) is 0 Å². The largest absolute Gasteiger partial charge is 0.300 e. The lowest BCUT2D eigenvalue weighted by Gasteiger charge is -2.24. The van der Waals surface area contributed by atoms with Crippen LogP contribution in [-0.2, 0) is 10.7 Å². The van der Waals surface area contributed by atoms with Crippen molar-refractivity contribution in [1.82, 2.24) is 4.98 Å². The molecular weight excluding hydrogens is 446 g/mol. The number of nitrogens with one attached hydrogen (secondary N) is 2. The molecule has 0 fully saturated rings. The molecule has 0 saturated heterocycles. The summed E-state index contributed by atoms with van der Waals surface area (Å²) < 4.78 is 8.28. The molecule has 1 aromatic heterocycles. The highest BCUT2D eigenvalue weighted by Crippen LogP contribution is 2.44. The maximum atomic E-state index is 9.48. The normalized spacial score (nSPS) is 26.3. The van der Waals surface area contributed by atoms with Gasteiger partial charge in [0.2, 0.25) is 0 Å². The van der Waals surface area contributed by atoms with E-state index in [9.17, 15) is 5.41 Å². The van der Waals surface area contributed by atoms with E-state index in [0.29, 0.717) is 5.71 Å². The highest BCUT2D eigenvalue weighted by Gasteiger charge is 2.33. The third-order valence-corrected chi connectivity index (χ3v) is 8.46. The van der Waals surface area contributed by atoms with Gasteiger partial charge in [0.25, 0.3) is 0 Å². The van der Waals surface area contributed by atoms with Gasteiger partial charge in [-0.05, 0) is 110 Å². The highest BCUT2D eigenvalue weighted by atomic mass is 32.2. The number of fused-ring (bicyclic) bond motifs is 1. The van der Waals surface area contributed by atoms with E-state index in [1.54, 1.807) is 0 Å². The van der Waals surface area contributed by atoms with E-state index < -0.39 is 10.7 Å². The molecule has 0 saturated carbocycles. The molecule has 3 unspecified atom stereocenters. The first kappa shape index (κ1) is 25.2. The van der Waals surface area contributed by atoms with Crippen LogP contribution in [0.5, 0.6) is 0 Å². The zero-order chi connectivity index (χ0) is 25.1.